The number of fused-ring (bicyclic) bond motifs is 8. The number of aliphatic hydroxyl groups is 4. The van der Waals surface area contributed by atoms with Crippen LogP contribution >= 0.6 is 23.2 Å². The number of nitrogens with one attached hydrogen (secondary N) is 2. The third-order valence-electron chi connectivity index (χ3n) is 19.0. The number of rotatable bonds is 0. The lowest BCUT2D eigenvalue weighted by molar-refractivity contribution is -0.0668. The van der Waals surface area contributed by atoms with Crippen molar-refractivity contribution in [2.24, 2.45) is 23.7 Å². The molecule has 432 valence electrons. The van der Waals surface area contributed by atoms with Crippen molar-refractivity contribution in [1.29, 1.82) is 0 Å². The fourth-order valence-electron chi connectivity index (χ4n) is 14.4. The number of hydrogen-bond donors (Lipinski definition) is 6. The van der Waals surface area contributed by atoms with Crippen LogP contribution in [0.5, 0.6) is 11.5 Å². The fourth-order valence-corrected chi connectivity index (χ4v) is 17.1. The average Bonchev–Trinajstić information content (AvgIpc) is 3.74. The van der Waals surface area contributed by atoms with Gasteiger partial charge in [0.15, 0.2) is 0 Å². The maximum absolute atomic E-state index is 13.2. The minimum Gasteiger partial charge on any atom is -0.490 e. The highest BCUT2D eigenvalue weighted by Gasteiger charge is 2.47. The van der Waals surface area contributed by atoms with Gasteiger partial charge in [-0.15, -0.1) is 0 Å². The number of anilines is 2. The number of halogens is 2. The Hall–Kier alpha value is -4.59. The summed E-state index contributed by atoms with van der Waals surface area (Å²) in [7, 11) is -6.70. The van der Waals surface area contributed by atoms with Gasteiger partial charge in [0.2, 0.25) is 10.0 Å². The van der Waals surface area contributed by atoms with Gasteiger partial charge in [0.05, 0.1) is 54.8 Å². The van der Waals surface area contributed by atoms with Crippen LogP contribution < -0.4 is 28.7 Å². The first-order chi connectivity index (χ1) is 38.3. The highest BCUT2D eigenvalue weighted by molar-refractivity contribution is 7.99. The first kappa shape index (κ1) is 57.2. The molecule has 0 saturated heterocycles. The lowest BCUT2D eigenvalue weighted by Gasteiger charge is -2.46. The summed E-state index contributed by atoms with van der Waals surface area (Å²) >= 11 is 12.7. The molecule has 4 heterocycles. The van der Waals surface area contributed by atoms with E-state index in [1.807, 2.05) is 30.3 Å². The van der Waals surface area contributed by atoms with E-state index in [9.17, 15) is 42.6 Å². The van der Waals surface area contributed by atoms with Crippen molar-refractivity contribution in [2.45, 2.75) is 138 Å². The van der Waals surface area contributed by atoms with E-state index in [1.165, 1.54) is 22.3 Å². The molecule has 80 heavy (non-hydrogen) atoms. The zero-order chi connectivity index (χ0) is 56.1. The molecule has 0 radical (unpaired) electrons. The first-order valence-electron chi connectivity index (χ1n) is 28.8. The minimum atomic E-state index is -3.85. The quantitative estimate of drug-likeness (QED) is 0.0925. The van der Waals surface area contributed by atoms with E-state index < -0.39 is 56.0 Å². The third-order valence-corrected chi connectivity index (χ3v) is 22.3. The molecule has 11 atom stereocenters. The fraction of sp³-hybridized carbons (Fsp3) is 0.557. The molecule has 8 aliphatic rings. The Morgan fingerprint density at radius 1 is 0.562 bits per heavy atom. The highest BCUT2D eigenvalue weighted by Crippen LogP contribution is 2.49. The molecular formula is C61H76Cl2N4O11S2. The molecule has 4 aromatic carbocycles. The van der Waals surface area contributed by atoms with E-state index in [0.29, 0.717) is 100 Å². The molecular weight excluding hydrogens is 1100 g/mol. The van der Waals surface area contributed by atoms with Crippen LogP contribution in [0.3, 0.4) is 0 Å². The van der Waals surface area contributed by atoms with Gasteiger partial charge < -0.3 is 39.7 Å². The molecule has 4 bridgehead atoms. The number of aryl methyl sites for hydroxylation is 2. The van der Waals surface area contributed by atoms with Crippen molar-refractivity contribution in [3.05, 3.63) is 116 Å². The molecule has 2 amide bonds. The summed E-state index contributed by atoms with van der Waals surface area (Å²) in [6.07, 6.45) is 8.74. The Labute approximate surface area is 480 Å². The molecule has 2 fully saturated rings. The van der Waals surface area contributed by atoms with E-state index in [4.69, 9.17) is 32.7 Å². The second kappa shape index (κ2) is 23.2. The van der Waals surface area contributed by atoms with Crippen LogP contribution in [0.15, 0.2) is 72.8 Å². The minimum absolute atomic E-state index is 0.00692. The summed E-state index contributed by atoms with van der Waals surface area (Å²) in [5, 5.41) is 45.1. The Morgan fingerprint density at radius 3 is 1.49 bits per heavy atom. The molecule has 0 aromatic heterocycles. The van der Waals surface area contributed by atoms with E-state index in [1.54, 1.807) is 24.3 Å². The van der Waals surface area contributed by atoms with Gasteiger partial charge in [-0.25, -0.2) is 17.3 Å². The summed E-state index contributed by atoms with van der Waals surface area (Å²) in [5.41, 5.74) is 6.69. The molecule has 6 N–H and O–H groups in total. The number of nitrogens with zero attached hydrogens (tertiary/aromatic N) is 2. The standard InChI is InChI=1S/C31H39ClN2O5S.C30H37ClN2O6S/c1-40(38)14-3-2-6-27(35)29(36)24-10-7-22(24)17-34-18-31(13-4-5-20-15-23(32)9-11-25(20)31)19-39-28-12-8-21(16-26(28)34)30(37)33-40;31-22-8-10-24-19(14-22)4-3-12-30(24)17-33-16-21-6-9-23(21)28(35)26(34)5-1-2-13-40(37,38)32-29(36)20-7-11-27(39-18-30)25(33)15-20/h8-9,11-12,15-16,22,24,27,29,35-36H,1-7,10,13-14,17-19H2,(H,33,37,38);7-8,10-11,14-15,21,23,26,28,34-35H,1-6,9,12-13,16-18H2,(H,32,36)/t22-,24+,27+,29+,31-,40?;21-,23+,26-,28-,30-/m00/s1. The van der Waals surface area contributed by atoms with E-state index in [0.717, 1.165) is 80.6 Å². The van der Waals surface area contributed by atoms with E-state index in [2.05, 4.69) is 43.3 Å². The molecule has 2 spiro atoms. The van der Waals surface area contributed by atoms with E-state index >= 15 is 0 Å². The number of hydrogen-bond acceptors (Lipinski definition) is 13. The van der Waals surface area contributed by atoms with Crippen molar-refractivity contribution in [2.75, 3.05) is 60.7 Å². The van der Waals surface area contributed by atoms with Gasteiger partial charge in [0, 0.05) is 73.6 Å². The number of carbonyl (C=O) groups excluding carboxylic acids is 2. The lowest BCUT2D eigenvalue weighted by Crippen LogP contribution is -2.51. The van der Waals surface area contributed by atoms with Crippen LogP contribution in [-0.4, -0.2) is 126 Å². The summed E-state index contributed by atoms with van der Waals surface area (Å²) in [6.45, 7) is 3.66. The number of amides is 2. The zero-order valence-electron chi connectivity index (χ0n) is 45.3. The van der Waals surface area contributed by atoms with Gasteiger partial charge in [-0.3, -0.25) is 14.3 Å². The molecule has 15 nitrogen and oxygen atoms in total. The van der Waals surface area contributed by atoms with Gasteiger partial charge in [-0.2, -0.15) is 0 Å². The van der Waals surface area contributed by atoms with Crippen molar-refractivity contribution < 1.29 is 52.1 Å². The van der Waals surface area contributed by atoms with Crippen molar-refractivity contribution >= 4 is 72.0 Å². The first-order valence-corrected chi connectivity index (χ1v) is 33.1. The number of sulfonamides is 1. The smallest absolute Gasteiger partial charge is 0.264 e. The van der Waals surface area contributed by atoms with E-state index in [-0.39, 0.29) is 51.6 Å². The van der Waals surface area contributed by atoms with Gasteiger partial charge in [-0.05, 0) is 215 Å². The highest BCUT2D eigenvalue weighted by atomic mass is 35.5. The van der Waals surface area contributed by atoms with Crippen LogP contribution in [0.2, 0.25) is 10.0 Å². The molecule has 1 unspecified atom stereocenters. The largest absolute Gasteiger partial charge is 0.490 e. The predicted molar refractivity (Wildman–Crippen MR) is 313 cm³/mol. The molecule has 4 aromatic rings. The molecule has 19 heteroatoms. The van der Waals surface area contributed by atoms with Crippen LogP contribution in [0, 0.1) is 23.7 Å². The van der Waals surface area contributed by atoms with Crippen LogP contribution in [-0.2, 0) is 43.4 Å². The summed E-state index contributed by atoms with van der Waals surface area (Å²) < 4.78 is 56.2. The second-order valence-corrected chi connectivity index (χ2v) is 29.3. The Bertz CT molecular complexity index is 3010. The van der Waals surface area contributed by atoms with Crippen LogP contribution in [0.4, 0.5) is 11.4 Å². The molecule has 4 aliphatic heterocycles. The Kier molecular flexibility index (Phi) is 16.6. The van der Waals surface area contributed by atoms with Crippen molar-refractivity contribution in [1.82, 2.24) is 9.44 Å². The van der Waals surface area contributed by atoms with Gasteiger partial charge >= 0.3 is 0 Å². The Morgan fingerprint density at radius 2 is 1.02 bits per heavy atom. The average molecular weight is 1180 g/mol. The van der Waals surface area contributed by atoms with Gasteiger partial charge in [-0.1, -0.05) is 35.3 Å². The van der Waals surface area contributed by atoms with Gasteiger partial charge in [0.25, 0.3) is 11.8 Å². The van der Waals surface area contributed by atoms with Crippen molar-refractivity contribution in [3.63, 3.8) is 0 Å². The summed E-state index contributed by atoms with van der Waals surface area (Å²) in [6, 6.07) is 22.8. The number of ether oxygens (including phenoxy) is 2. The monoisotopic (exact) mass is 1170 g/mol. The molecule has 2 saturated carbocycles. The van der Waals surface area contributed by atoms with Crippen molar-refractivity contribution in [3.8, 4) is 11.5 Å². The number of benzene rings is 4. The predicted octanol–water partition coefficient (Wildman–Crippen LogP) is 7.91. The zero-order valence-corrected chi connectivity index (χ0v) is 48.5. The number of aliphatic hydroxyl groups excluding tert-OH is 4. The summed E-state index contributed by atoms with van der Waals surface area (Å²) in [4.78, 5) is 30.9. The van der Waals surface area contributed by atoms with Crippen LogP contribution in [0.25, 0.3) is 0 Å². The maximum Gasteiger partial charge on any atom is 0.264 e. The SMILES string of the molecule is C=S1(=O)CCCC[C@@H](O)[C@H](O)[C@@H]2CC[C@H]2CN2C[C@@]3(CCCc4cc(Cl)ccc43)COc3ccc(cc32)C(=O)N1.O=C1NS(=O)(=O)CCCC[C@H](O)[C@@H](O)[C@@H]2CC[C@H]2CN2C[C@@]3(CCCc4cc(Cl)ccc43)COc3ccc1cc32. The topological polar surface area (TPSA) is 215 Å². The maximum atomic E-state index is 13.2. The Balaban J connectivity index is 0.000000169. The summed E-state index contributed by atoms with van der Waals surface area (Å²) in [5.74, 6) is 4.42. The third kappa shape index (κ3) is 12.0. The lowest BCUT2D eigenvalue weighted by atomic mass is 9.67. The second-order valence-electron chi connectivity index (χ2n) is 24.4. The normalized spacial score (nSPS) is 33.3. The molecule has 12 rings (SSSR count). The number of carbonyl (C=O) groups is 2. The molecule has 4 aliphatic carbocycles. The van der Waals surface area contributed by atoms with Gasteiger partial charge in [0.1, 0.15) is 11.5 Å². The van der Waals surface area contributed by atoms with Crippen LogP contribution in [0.1, 0.15) is 133 Å².